The maximum Gasteiger partial charge on any atom is 0.410 e. The Morgan fingerprint density at radius 2 is 1.75 bits per heavy atom. The Balaban J connectivity index is 1.29. The summed E-state index contributed by atoms with van der Waals surface area (Å²) in [6, 6.07) is 8.96. The van der Waals surface area contributed by atoms with Crippen LogP contribution in [0.15, 0.2) is 64.8 Å². The van der Waals surface area contributed by atoms with E-state index in [1.807, 2.05) is 12.1 Å². The second-order valence-electron chi connectivity index (χ2n) is 15.3. The molecule has 2 aromatic rings. The molecular weight excluding hydrogens is 610 g/mol. The van der Waals surface area contributed by atoms with Gasteiger partial charge in [-0.2, -0.15) is 0 Å². The first-order valence-electron chi connectivity index (χ1n) is 17.5. The molecule has 9 heteroatoms. The Bertz CT molecular complexity index is 1650. The number of aliphatic hydroxyl groups excluding tert-OH is 1. The fraction of sp³-hybridized carbons (Fsp3) is 0.590. The van der Waals surface area contributed by atoms with E-state index in [0.29, 0.717) is 36.5 Å². The quantitative estimate of drug-likeness (QED) is 0.225. The number of ketones is 1. The average Bonchev–Trinajstić information content (AvgIpc) is 3.71. The van der Waals surface area contributed by atoms with Crippen LogP contribution >= 0.6 is 0 Å². The van der Waals surface area contributed by atoms with Crippen molar-refractivity contribution in [1.29, 1.82) is 0 Å². The first-order valence-corrected chi connectivity index (χ1v) is 17.5. The number of fused-ring (bicyclic) bond motifs is 1. The van der Waals surface area contributed by atoms with Gasteiger partial charge < -0.3 is 33.7 Å². The third kappa shape index (κ3) is 4.49. The molecule has 1 heterocycles. The highest BCUT2D eigenvalue weighted by Gasteiger charge is 2.74. The van der Waals surface area contributed by atoms with Crippen LogP contribution in [0.25, 0.3) is 0 Å². The molecule has 1 aromatic carbocycles. The van der Waals surface area contributed by atoms with Crippen LogP contribution in [0.3, 0.4) is 0 Å². The van der Waals surface area contributed by atoms with Crippen molar-refractivity contribution < 1.29 is 38.4 Å². The molecule has 0 aliphatic heterocycles. The van der Waals surface area contributed by atoms with Gasteiger partial charge in [-0.25, -0.2) is 4.79 Å². The zero-order valence-corrected chi connectivity index (χ0v) is 28.8. The number of benzene rings is 1. The van der Waals surface area contributed by atoms with E-state index in [1.165, 1.54) is 6.26 Å². The lowest BCUT2D eigenvalue weighted by Crippen LogP contribution is -2.67. The number of nitrogens with zero attached hydrogens (tertiary/aromatic N) is 1. The van der Waals surface area contributed by atoms with Crippen molar-refractivity contribution in [3.05, 3.63) is 71.7 Å². The van der Waals surface area contributed by atoms with Crippen molar-refractivity contribution in [2.75, 3.05) is 27.4 Å². The van der Waals surface area contributed by atoms with E-state index in [4.69, 9.17) is 18.6 Å². The van der Waals surface area contributed by atoms with Gasteiger partial charge in [-0.3, -0.25) is 4.79 Å². The molecule has 8 rings (SSSR count). The second kappa shape index (κ2) is 11.5. The van der Waals surface area contributed by atoms with Crippen molar-refractivity contribution >= 4 is 11.9 Å². The number of carbonyl (C=O) groups excluding carboxylic acids is 2. The summed E-state index contributed by atoms with van der Waals surface area (Å²) in [6.07, 6.45) is 12.3. The Morgan fingerprint density at radius 1 is 1.00 bits per heavy atom. The standard InChI is InChI=1S/C39H49NO8/c1-6-47-34(43)40(23-25-9-10-27(45-4)20-30(25)46-5)24-38(44)16-13-32-36(38,3)15-12-31-35(2)14-11-26(41)21-37(35)17-18-39(31,32)28(22-37)33(42)29-8-7-19-48-29/h7-10,17-20,22,26,31-32,41,44H,6,11-16,21,23-24H2,1-5H3/t26?,31-,32-,35-,36+,37+,38-,39-/m1/s1. The lowest BCUT2D eigenvalue weighted by atomic mass is 9.32. The third-order valence-electron chi connectivity index (χ3n) is 13.5. The molecular formula is C39H49NO8. The van der Waals surface area contributed by atoms with Crippen LogP contribution in [-0.2, 0) is 11.3 Å². The van der Waals surface area contributed by atoms with Crippen molar-refractivity contribution in [3.63, 3.8) is 0 Å². The molecule has 1 amide bonds. The molecule has 2 bridgehead atoms. The van der Waals surface area contributed by atoms with Crippen LogP contribution in [0.5, 0.6) is 11.5 Å². The lowest BCUT2D eigenvalue weighted by molar-refractivity contribution is -0.175. The van der Waals surface area contributed by atoms with Gasteiger partial charge in [0, 0.05) is 33.4 Å². The molecule has 8 atom stereocenters. The van der Waals surface area contributed by atoms with Gasteiger partial charge in [0.05, 0.1) is 51.9 Å². The summed E-state index contributed by atoms with van der Waals surface area (Å²) in [5, 5.41) is 23.8. The molecule has 0 saturated heterocycles. The number of ether oxygens (including phenoxy) is 3. The molecule has 0 radical (unpaired) electrons. The number of Topliss-reactive ketones (excluding diaryl/α,β-unsaturated/α-hetero) is 1. The van der Waals surface area contributed by atoms with E-state index >= 15 is 0 Å². The predicted molar refractivity (Wildman–Crippen MR) is 179 cm³/mol. The number of carbonyl (C=O) groups is 2. The monoisotopic (exact) mass is 659 g/mol. The number of amides is 1. The molecule has 9 nitrogen and oxygen atoms in total. The summed E-state index contributed by atoms with van der Waals surface area (Å²) in [5.41, 5.74) is -1.53. The minimum atomic E-state index is -1.24. The van der Waals surface area contributed by atoms with E-state index in [0.717, 1.165) is 36.8 Å². The first-order chi connectivity index (χ1) is 22.9. The van der Waals surface area contributed by atoms with E-state index in [-0.39, 0.29) is 42.7 Å². The fourth-order valence-electron chi connectivity index (χ4n) is 11.0. The van der Waals surface area contributed by atoms with Gasteiger partial charge in [-0.1, -0.05) is 32.1 Å². The highest BCUT2D eigenvalue weighted by Crippen LogP contribution is 2.78. The number of aliphatic hydroxyl groups is 2. The van der Waals surface area contributed by atoms with Gasteiger partial charge >= 0.3 is 6.09 Å². The van der Waals surface area contributed by atoms with Crippen molar-refractivity contribution in [2.24, 2.45) is 33.5 Å². The van der Waals surface area contributed by atoms with Gasteiger partial charge in [0.25, 0.3) is 0 Å². The zero-order chi connectivity index (χ0) is 34.1. The van der Waals surface area contributed by atoms with Gasteiger partial charge in [0.2, 0.25) is 5.78 Å². The number of rotatable bonds is 9. The highest BCUT2D eigenvalue weighted by atomic mass is 16.6. The van der Waals surface area contributed by atoms with Crippen LogP contribution in [0.2, 0.25) is 0 Å². The van der Waals surface area contributed by atoms with Crippen LogP contribution in [0.1, 0.15) is 81.8 Å². The molecule has 1 aromatic heterocycles. The van der Waals surface area contributed by atoms with Gasteiger partial charge in [0.15, 0.2) is 5.76 Å². The van der Waals surface area contributed by atoms with Crippen molar-refractivity contribution in [2.45, 2.75) is 84.0 Å². The number of allylic oxidation sites excluding steroid dienone is 4. The molecule has 6 aliphatic rings. The predicted octanol–water partition coefficient (Wildman–Crippen LogP) is 6.73. The Morgan fingerprint density at radius 3 is 2.46 bits per heavy atom. The topological polar surface area (TPSA) is 119 Å². The molecule has 3 fully saturated rings. The lowest BCUT2D eigenvalue weighted by Gasteiger charge is -2.71. The smallest absolute Gasteiger partial charge is 0.410 e. The second-order valence-corrected chi connectivity index (χ2v) is 15.3. The summed E-state index contributed by atoms with van der Waals surface area (Å²) in [5.74, 6) is 1.52. The minimum Gasteiger partial charge on any atom is -0.497 e. The van der Waals surface area contributed by atoms with Crippen LogP contribution < -0.4 is 9.47 Å². The van der Waals surface area contributed by atoms with Crippen LogP contribution in [0.4, 0.5) is 4.79 Å². The summed E-state index contributed by atoms with van der Waals surface area (Å²) in [4.78, 5) is 29.6. The summed E-state index contributed by atoms with van der Waals surface area (Å²) >= 11 is 0. The maximum atomic E-state index is 14.4. The molecule has 48 heavy (non-hydrogen) atoms. The van der Waals surface area contributed by atoms with E-state index in [1.54, 1.807) is 44.2 Å². The van der Waals surface area contributed by atoms with Gasteiger partial charge in [-0.15, -0.1) is 0 Å². The molecule has 1 unspecified atom stereocenters. The van der Waals surface area contributed by atoms with Gasteiger partial charge in [0.1, 0.15) is 11.5 Å². The van der Waals surface area contributed by atoms with Gasteiger partial charge in [-0.05, 0) is 93.4 Å². The third-order valence-corrected chi connectivity index (χ3v) is 13.5. The number of methoxy groups -OCH3 is 2. The first kappa shape index (κ1) is 33.0. The molecule has 2 N–H and O–H groups in total. The van der Waals surface area contributed by atoms with Crippen molar-refractivity contribution in [3.8, 4) is 11.5 Å². The molecule has 258 valence electrons. The Kier molecular flexibility index (Phi) is 7.91. The number of hydrogen-bond donors (Lipinski definition) is 2. The SMILES string of the molecule is CCOC(=O)N(Cc1ccc(OC)cc1OC)C[C@]1(O)CC[C@H]2[C@]34C=C[C@@]5(C=C3C(=O)c3ccco3)CC(O)CC[C@]5(C)[C@H]4CC[C@@]21C. The van der Waals surface area contributed by atoms with E-state index in [9.17, 15) is 19.8 Å². The summed E-state index contributed by atoms with van der Waals surface area (Å²) < 4.78 is 22.3. The van der Waals surface area contributed by atoms with E-state index in [2.05, 4.69) is 32.1 Å². The summed E-state index contributed by atoms with van der Waals surface area (Å²) in [6.45, 7) is 6.78. The summed E-state index contributed by atoms with van der Waals surface area (Å²) in [7, 11) is 3.18. The normalized spacial score (nSPS) is 37.6. The minimum absolute atomic E-state index is 0.0586. The Hall–Kier alpha value is -3.56. The zero-order valence-electron chi connectivity index (χ0n) is 28.8. The highest BCUT2D eigenvalue weighted by molar-refractivity contribution is 6.08. The van der Waals surface area contributed by atoms with Crippen molar-refractivity contribution in [1.82, 2.24) is 4.90 Å². The Labute approximate surface area is 282 Å². The number of hydrogen-bond acceptors (Lipinski definition) is 8. The largest absolute Gasteiger partial charge is 0.497 e. The van der Waals surface area contributed by atoms with E-state index < -0.39 is 34.0 Å². The molecule has 6 aliphatic carbocycles. The maximum absolute atomic E-state index is 14.4. The number of furan rings is 1. The van der Waals surface area contributed by atoms with Crippen LogP contribution in [0, 0.1) is 33.5 Å². The molecule has 3 saturated carbocycles. The fourth-order valence-corrected chi connectivity index (χ4v) is 11.0. The average molecular weight is 660 g/mol. The van der Waals surface area contributed by atoms with Crippen LogP contribution in [-0.4, -0.2) is 66.1 Å². The molecule has 2 spiro atoms.